The number of halogens is 2. The second-order valence-corrected chi connectivity index (χ2v) is 3.86. The Hall–Kier alpha value is -1.33. The zero-order valence-electron chi connectivity index (χ0n) is 7.58. The lowest BCUT2D eigenvalue weighted by Gasteiger charge is -1.97. The summed E-state index contributed by atoms with van der Waals surface area (Å²) in [5, 5.41) is 11.1. The number of rotatable bonds is 2. The molecular formula is C10H7F2NOS. The summed E-state index contributed by atoms with van der Waals surface area (Å²) < 4.78 is 25.6. The maximum Gasteiger partial charge on any atom is 0.159 e. The number of hydrogen-bond donors (Lipinski definition) is 1. The van der Waals surface area contributed by atoms with Crippen molar-refractivity contribution in [3.63, 3.8) is 0 Å². The van der Waals surface area contributed by atoms with Crippen LogP contribution in [0.15, 0.2) is 23.6 Å². The van der Waals surface area contributed by atoms with Crippen LogP contribution in [0.1, 0.15) is 5.01 Å². The van der Waals surface area contributed by atoms with E-state index >= 15 is 0 Å². The minimum Gasteiger partial charge on any atom is -0.389 e. The van der Waals surface area contributed by atoms with Crippen LogP contribution in [0.5, 0.6) is 0 Å². The summed E-state index contributed by atoms with van der Waals surface area (Å²) in [7, 11) is 0. The SMILES string of the molecule is OCc1nc(-c2ccc(F)c(F)c2)cs1. The highest BCUT2D eigenvalue weighted by atomic mass is 32.1. The Kier molecular flexibility index (Phi) is 2.75. The highest BCUT2D eigenvalue weighted by molar-refractivity contribution is 7.09. The van der Waals surface area contributed by atoms with Gasteiger partial charge in [-0.2, -0.15) is 0 Å². The predicted molar refractivity (Wildman–Crippen MR) is 53.4 cm³/mol. The van der Waals surface area contributed by atoms with Crippen molar-refractivity contribution in [2.24, 2.45) is 0 Å². The van der Waals surface area contributed by atoms with Crippen molar-refractivity contribution in [1.29, 1.82) is 0 Å². The fourth-order valence-corrected chi connectivity index (χ4v) is 1.83. The van der Waals surface area contributed by atoms with Crippen molar-refractivity contribution in [3.8, 4) is 11.3 Å². The van der Waals surface area contributed by atoms with E-state index in [1.54, 1.807) is 5.38 Å². The van der Waals surface area contributed by atoms with Gasteiger partial charge in [0.15, 0.2) is 11.6 Å². The Balaban J connectivity index is 2.40. The maximum atomic E-state index is 12.9. The first-order chi connectivity index (χ1) is 7.20. The third kappa shape index (κ3) is 2.03. The topological polar surface area (TPSA) is 33.1 Å². The summed E-state index contributed by atoms with van der Waals surface area (Å²) in [6, 6.07) is 3.60. The van der Waals surface area contributed by atoms with E-state index in [1.165, 1.54) is 17.4 Å². The molecule has 1 aromatic carbocycles. The van der Waals surface area contributed by atoms with Crippen molar-refractivity contribution in [2.75, 3.05) is 0 Å². The average Bonchev–Trinajstić information content (AvgIpc) is 2.70. The summed E-state index contributed by atoms with van der Waals surface area (Å²) in [6.45, 7) is -0.145. The minimum absolute atomic E-state index is 0.145. The number of benzene rings is 1. The normalized spacial score (nSPS) is 10.6. The van der Waals surface area contributed by atoms with E-state index in [0.717, 1.165) is 12.1 Å². The molecule has 0 bridgehead atoms. The van der Waals surface area contributed by atoms with Crippen LogP contribution in [-0.2, 0) is 6.61 Å². The summed E-state index contributed by atoms with van der Waals surface area (Å²) in [4.78, 5) is 4.05. The van der Waals surface area contributed by atoms with Crippen molar-refractivity contribution < 1.29 is 13.9 Å². The molecule has 0 aliphatic heterocycles. The molecular weight excluding hydrogens is 220 g/mol. The lowest BCUT2D eigenvalue weighted by Crippen LogP contribution is -1.86. The molecule has 0 saturated heterocycles. The summed E-state index contributed by atoms with van der Waals surface area (Å²) >= 11 is 1.28. The largest absolute Gasteiger partial charge is 0.389 e. The first-order valence-corrected chi connectivity index (χ1v) is 5.09. The molecule has 2 rings (SSSR count). The molecule has 1 N–H and O–H groups in total. The van der Waals surface area contributed by atoms with Crippen LogP contribution >= 0.6 is 11.3 Å². The molecule has 15 heavy (non-hydrogen) atoms. The second-order valence-electron chi connectivity index (χ2n) is 2.91. The maximum absolute atomic E-state index is 12.9. The van der Waals surface area contributed by atoms with Gasteiger partial charge in [-0.25, -0.2) is 13.8 Å². The van der Waals surface area contributed by atoms with Gasteiger partial charge in [0.25, 0.3) is 0 Å². The molecule has 0 atom stereocenters. The quantitative estimate of drug-likeness (QED) is 0.855. The van der Waals surface area contributed by atoms with Crippen LogP contribution in [-0.4, -0.2) is 10.1 Å². The molecule has 1 heterocycles. The molecule has 0 saturated carbocycles. The average molecular weight is 227 g/mol. The molecule has 5 heteroatoms. The number of nitrogens with zero attached hydrogens (tertiary/aromatic N) is 1. The Morgan fingerprint density at radius 1 is 1.27 bits per heavy atom. The number of aliphatic hydroxyl groups excluding tert-OH is 1. The van der Waals surface area contributed by atoms with Gasteiger partial charge in [0.05, 0.1) is 12.3 Å². The number of thiazole rings is 1. The number of hydrogen-bond acceptors (Lipinski definition) is 3. The fraction of sp³-hybridized carbons (Fsp3) is 0.100. The molecule has 78 valence electrons. The monoisotopic (exact) mass is 227 g/mol. The highest BCUT2D eigenvalue weighted by Crippen LogP contribution is 2.23. The fourth-order valence-electron chi connectivity index (χ4n) is 1.17. The smallest absolute Gasteiger partial charge is 0.159 e. The molecule has 0 radical (unpaired) electrons. The second kappa shape index (κ2) is 4.04. The van der Waals surface area contributed by atoms with Gasteiger partial charge >= 0.3 is 0 Å². The van der Waals surface area contributed by atoms with Crippen LogP contribution in [0, 0.1) is 11.6 Å². The Bertz CT molecular complexity index is 484. The Morgan fingerprint density at radius 2 is 2.07 bits per heavy atom. The van der Waals surface area contributed by atoms with Crippen LogP contribution < -0.4 is 0 Å². The number of aliphatic hydroxyl groups is 1. The Morgan fingerprint density at radius 3 is 2.67 bits per heavy atom. The van der Waals surface area contributed by atoms with E-state index in [0.29, 0.717) is 16.3 Å². The third-order valence-corrected chi connectivity index (χ3v) is 2.74. The van der Waals surface area contributed by atoms with E-state index < -0.39 is 11.6 Å². The minimum atomic E-state index is -0.897. The summed E-state index contributed by atoms with van der Waals surface area (Å²) in [5.74, 6) is -1.78. The predicted octanol–water partition coefficient (Wildman–Crippen LogP) is 2.58. The molecule has 2 aromatic rings. The molecule has 1 aromatic heterocycles. The van der Waals surface area contributed by atoms with E-state index in [2.05, 4.69) is 4.98 Å². The van der Waals surface area contributed by atoms with Gasteiger partial charge in [0, 0.05) is 10.9 Å². The zero-order valence-corrected chi connectivity index (χ0v) is 8.39. The molecule has 0 aliphatic carbocycles. The van der Waals surface area contributed by atoms with Gasteiger partial charge in [0.2, 0.25) is 0 Å². The van der Waals surface area contributed by atoms with Gasteiger partial charge < -0.3 is 5.11 Å². The molecule has 0 fully saturated rings. The van der Waals surface area contributed by atoms with Crippen molar-refractivity contribution in [2.45, 2.75) is 6.61 Å². The van der Waals surface area contributed by atoms with Gasteiger partial charge in [-0.05, 0) is 18.2 Å². The van der Waals surface area contributed by atoms with Gasteiger partial charge in [-0.1, -0.05) is 0 Å². The molecule has 0 unspecified atom stereocenters. The van der Waals surface area contributed by atoms with Gasteiger partial charge in [-0.3, -0.25) is 0 Å². The van der Waals surface area contributed by atoms with Crippen LogP contribution in [0.2, 0.25) is 0 Å². The van der Waals surface area contributed by atoms with Crippen LogP contribution in [0.3, 0.4) is 0 Å². The van der Waals surface area contributed by atoms with Crippen LogP contribution in [0.4, 0.5) is 8.78 Å². The van der Waals surface area contributed by atoms with Gasteiger partial charge in [-0.15, -0.1) is 11.3 Å². The standard InChI is InChI=1S/C10H7F2NOS/c11-7-2-1-6(3-8(7)12)9-5-15-10(4-14)13-9/h1-3,5,14H,4H2. The summed E-state index contributed by atoms with van der Waals surface area (Å²) in [5.41, 5.74) is 1.05. The zero-order chi connectivity index (χ0) is 10.8. The first-order valence-electron chi connectivity index (χ1n) is 4.21. The summed E-state index contributed by atoms with van der Waals surface area (Å²) in [6.07, 6.45) is 0. The van der Waals surface area contributed by atoms with E-state index in [-0.39, 0.29) is 6.61 Å². The van der Waals surface area contributed by atoms with Crippen molar-refractivity contribution in [3.05, 3.63) is 40.2 Å². The third-order valence-electron chi connectivity index (χ3n) is 1.90. The van der Waals surface area contributed by atoms with Crippen LogP contribution in [0.25, 0.3) is 11.3 Å². The highest BCUT2D eigenvalue weighted by Gasteiger charge is 2.07. The first kappa shape index (κ1) is 10.2. The Labute approximate surface area is 88.8 Å². The van der Waals surface area contributed by atoms with E-state index in [9.17, 15) is 8.78 Å². The molecule has 0 aliphatic rings. The number of aromatic nitrogens is 1. The van der Waals surface area contributed by atoms with Crippen molar-refractivity contribution in [1.82, 2.24) is 4.98 Å². The molecule has 0 spiro atoms. The van der Waals surface area contributed by atoms with E-state index in [4.69, 9.17) is 5.11 Å². The molecule has 2 nitrogen and oxygen atoms in total. The van der Waals surface area contributed by atoms with E-state index in [1.807, 2.05) is 0 Å². The van der Waals surface area contributed by atoms with Gasteiger partial charge in [0.1, 0.15) is 5.01 Å². The lowest BCUT2D eigenvalue weighted by atomic mass is 10.2. The lowest BCUT2D eigenvalue weighted by molar-refractivity contribution is 0.281. The van der Waals surface area contributed by atoms with Crippen molar-refractivity contribution >= 4 is 11.3 Å². The molecule has 0 amide bonds.